The summed E-state index contributed by atoms with van der Waals surface area (Å²) in [4.78, 5) is 23.4. The maximum Gasteiger partial charge on any atom is 0.373 e. The number of hydrogen-bond donors (Lipinski definition) is 0. The molecule has 0 amide bonds. The van der Waals surface area contributed by atoms with E-state index in [-0.39, 0.29) is 18.1 Å². The molecule has 0 radical (unpaired) electrons. The molecule has 0 N–H and O–H groups in total. The average molecular weight is 374 g/mol. The third kappa shape index (κ3) is 6.80. The number of rotatable bonds is 6. The lowest BCUT2D eigenvalue weighted by Crippen LogP contribution is -2.24. The fourth-order valence-corrected chi connectivity index (χ4v) is 2.44. The van der Waals surface area contributed by atoms with Gasteiger partial charge in [-0.3, -0.25) is 4.79 Å². The highest BCUT2D eigenvalue weighted by atomic mass is 32.2. The molecule has 0 aliphatic rings. The quantitative estimate of drug-likeness (QED) is 0.521. The Labute approximate surface area is 157 Å². The highest BCUT2D eigenvalue weighted by Crippen LogP contribution is 2.20. The van der Waals surface area contributed by atoms with Crippen molar-refractivity contribution in [3.63, 3.8) is 0 Å². The van der Waals surface area contributed by atoms with E-state index in [4.69, 9.17) is 14.2 Å². The molecular weight excluding hydrogens is 352 g/mol. The summed E-state index contributed by atoms with van der Waals surface area (Å²) in [5, 5.41) is -0.356. The van der Waals surface area contributed by atoms with Crippen LogP contribution in [0.15, 0.2) is 54.6 Å². The van der Waals surface area contributed by atoms with Gasteiger partial charge < -0.3 is 14.2 Å². The molecule has 0 spiro atoms. The molecule has 0 saturated carbocycles. The molecule has 0 atom stereocenters. The van der Waals surface area contributed by atoms with Crippen molar-refractivity contribution in [2.24, 2.45) is 5.41 Å². The molecule has 2 rings (SSSR count). The zero-order valence-electron chi connectivity index (χ0n) is 15.1. The summed E-state index contributed by atoms with van der Waals surface area (Å²) in [7, 11) is 0. The third-order valence-corrected chi connectivity index (χ3v) is 4.05. The Morgan fingerprint density at radius 1 is 0.923 bits per heavy atom. The van der Waals surface area contributed by atoms with Crippen molar-refractivity contribution in [2.45, 2.75) is 26.5 Å². The third-order valence-electron chi connectivity index (χ3n) is 3.25. The number of thioether (sulfide) groups is 1. The van der Waals surface area contributed by atoms with Crippen molar-refractivity contribution in [3.05, 3.63) is 60.2 Å². The summed E-state index contributed by atoms with van der Waals surface area (Å²) in [5.41, 5.74) is 0.401. The Hall–Kier alpha value is -2.47. The Morgan fingerprint density at radius 2 is 1.58 bits per heavy atom. The first-order valence-corrected chi connectivity index (χ1v) is 9.12. The van der Waals surface area contributed by atoms with Gasteiger partial charge in [-0.1, -0.05) is 30.3 Å². The van der Waals surface area contributed by atoms with Crippen LogP contribution in [0.1, 0.15) is 26.3 Å². The molecule has 0 bridgehead atoms. The lowest BCUT2D eigenvalue weighted by atomic mass is 9.98. The minimum absolute atomic E-state index is 0.131. The molecule has 0 saturated heterocycles. The van der Waals surface area contributed by atoms with Crippen LogP contribution in [0.3, 0.4) is 0 Å². The minimum atomic E-state index is -0.557. The van der Waals surface area contributed by atoms with Crippen molar-refractivity contribution < 1.29 is 23.8 Å². The van der Waals surface area contributed by atoms with Crippen LogP contribution in [-0.4, -0.2) is 18.1 Å². The Kier molecular flexibility index (Phi) is 7.09. The molecule has 5 nitrogen and oxygen atoms in total. The smallest absolute Gasteiger partial charge is 0.373 e. The fraction of sp³-hybridized carbons (Fsp3) is 0.300. The van der Waals surface area contributed by atoms with E-state index in [1.807, 2.05) is 30.3 Å². The van der Waals surface area contributed by atoms with E-state index in [1.165, 1.54) is 0 Å². The molecule has 2 aromatic rings. The molecular formula is C20H22O5S. The molecule has 6 heteroatoms. The highest BCUT2D eigenvalue weighted by Gasteiger charge is 2.22. The van der Waals surface area contributed by atoms with Crippen LogP contribution in [-0.2, 0) is 15.3 Å². The normalized spacial score (nSPS) is 10.9. The number of para-hydroxylation sites is 1. The van der Waals surface area contributed by atoms with Gasteiger partial charge in [0.25, 0.3) is 0 Å². The lowest BCUT2D eigenvalue weighted by molar-refractivity contribution is -0.159. The summed E-state index contributed by atoms with van der Waals surface area (Å²) in [6.07, 6.45) is 0. The highest BCUT2D eigenvalue weighted by molar-refractivity contribution is 8.12. The second kappa shape index (κ2) is 9.29. The first kappa shape index (κ1) is 19.8. The summed E-state index contributed by atoms with van der Waals surface area (Å²) < 4.78 is 15.7. The molecule has 0 aliphatic heterocycles. The van der Waals surface area contributed by atoms with Gasteiger partial charge in [-0.2, -0.15) is 0 Å². The molecule has 0 fully saturated rings. The number of carbonyl (C=O) groups is 2. The van der Waals surface area contributed by atoms with E-state index < -0.39 is 5.41 Å². The van der Waals surface area contributed by atoms with Crippen LogP contribution in [0.5, 0.6) is 11.5 Å². The first-order valence-electron chi connectivity index (χ1n) is 8.13. The minimum Gasteiger partial charge on any atom is -0.457 e. The van der Waals surface area contributed by atoms with Gasteiger partial charge >= 0.3 is 11.3 Å². The number of carbonyl (C=O) groups excluding carboxylic acids is 2. The standard InChI is InChI=1S/C20H22O5S/c1-20(2,3)18(21)24-14-23-16-11-9-15(10-12-16)13-26-19(22)25-17-7-5-4-6-8-17/h4-12H,13-14H2,1-3H3. The van der Waals surface area contributed by atoms with E-state index in [1.54, 1.807) is 45.0 Å². The van der Waals surface area contributed by atoms with Crippen LogP contribution in [0.2, 0.25) is 0 Å². The second-order valence-corrected chi connectivity index (χ2v) is 7.45. The van der Waals surface area contributed by atoms with Gasteiger partial charge in [0.05, 0.1) is 5.41 Å². The van der Waals surface area contributed by atoms with Crippen LogP contribution in [0.4, 0.5) is 4.79 Å². The molecule has 26 heavy (non-hydrogen) atoms. The van der Waals surface area contributed by atoms with Gasteiger partial charge in [-0.05, 0) is 62.4 Å². The summed E-state index contributed by atoms with van der Waals surface area (Å²) in [5.74, 6) is 1.29. The number of hydrogen-bond acceptors (Lipinski definition) is 6. The van der Waals surface area contributed by atoms with Crippen molar-refractivity contribution >= 4 is 23.0 Å². The predicted molar refractivity (Wildman–Crippen MR) is 101 cm³/mol. The largest absolute Gasteiger partial charge is 0.457 e. The number of benzene rings is 2. The molecule has 2 aromatic carbocycles. The van der Waals surface area contributed by atoms with Crippen molar-refractivity contribution in [1.29, 1.82) is 0 Å². The zero-order valence-corrected chi connectivity index (χ0v) is 15.9. The fourth-order valence-electron chi connectivity index (χ4n) is 1.81. The van der Waals surface area contributed by atoms with E-state index in [0.29, 0.717) is 17.3 Å². The topological polar surface area (TPSA) is 61.8 Å². The summed E-state index contributed by atoms with van der Waals surface area (Å²) >= 11 is 1.08. The van der Waals surface area contributed by atoms with Crippen LogP contribution >= 0.6 is 11.8 Å². The first-order chi connectivity index (χ1) is 12.3. The van der Waals surface area contributed by atoms with Gasteiger partial charge in [0.2, 0.25) is 6.79 Å². The van der Waals surface area contributed by atoms with E-state index in [9.17, 15) is 9.59 Å². The van der Waals surface area contributed by atoms with Crippen LogP contribution in [0, 0.1) is 5.41 Å². The zero-order chi connectivity index (χ0) is 19.0. The number of esters is 1. The molecule has 0 aliphatic carbocycles. The molecule has 0 unspecified atom stereocenters. The van der Waals surface area contributed by atoms with E-state index >= 15 is 0 Å². The Balaban J connectivity index is 1.73. The average Bonchev–Trinajstić information content (AvgIpc) is 2.61. The van der Waals surface area contributed by atoms with Crippen molar-refractivity contribution in [2.75, 3.05) is 6.79 Å². The van der Waals surface area contributed by atoms with Gasteiger partial charge in [0.1, 0.15) is 11.5 Å². The summed E-state index contributed by atoms with van der Waals surface area (Å²) in [6.45, 7) is 5.22. The predicted octanol–water partition coefficient (Wildman–Crippen LogP) is 5.04. The van der Waals surface area contributed by atoms with Crippen LogP contribution in [0.25, 0.3) is 0 Å². The van der Waals surface area contributed by atoms with Crippen molar-refractivity contribution in [3.8, 4) is 11.5 Å². The SMILES string of the molecule is CC(C)(C)C(=O)OCOc1ccc(CSC(=O)Oc2ccccc2)cc1. The monoisotopic (exact) mass is 374 g/mol. The van der Waals surface area contributed by atoms with Gasteiger partial charge in [-0.25, -0.2) is 4.79 Å². The molecule has 0 aromatic heterocycles. The number of ether oxygens (including phenoxy) is 3. The lowest BCUT2D eigenvalue weighted by Gasteiger charge is -2.16. The van der Waals surface area contributed by atoms with E-state index in [0.717, 1.165) is 17.3 Å². The van der Waals surface area contributed by atoms with Gasteiger partial charge in [0.15, 0.2) is 0 Å². The summed E-state index contributed by atoms with van der Waals surface area (Å²) in [6, 6.07) is 16.2. The molecule has 0 heterocycles. The van der Waals surface area contributed by atoms with Crippen LogP contribution < -0.4 is 9.47 Å². The second-order valence-electron chi connectivity index (χ2n) is 6.54. The van der Waals surface area contributed by atoms with Gasteiger partial charge in [0, 0.05) is 5.75 Å². The van der Waals surface area contributed by atoms with Crippen molar-refractivity contribution in [1.82, 2.24) is 0 Å². The maximum atomic E-state index is 11.8. The van der Waals surface area contributed by atoms with E-state index in [2.05, 4.69) is 0 Å². The molecule has 138 valence electrons. The van der Waals surface area contributed by atoms with Gasteiger partial charge in [-0.15, -0.1) is 0 Å². The Bertz CT molecular complexity index is 720. The maximum absolute atomic E-state index is 11.8. The Morgan fingerprint density at radius 3 is 2.19 bits per heavy atom.